The van der Waals surface area contributed by atoms with Crippen LogP contribution >= 0.6 is 22.7 Å². The maximum Gasteiger partial charge on any atom is 0.265 e. The van der Waals surface area contributed by atoms with Crippen LogP contribution in [0.15, 0.2) is 12.4 Å². The first kappa shape index (κ1) is 14.9. The predicted molar refractivity (Wildman–Crippen MR) is 83.8 cm³/mol. The molecule has 0 saturated heterocycles. The summed E-state index contributed by atoms with van der Waals surface area (Å²) in [5, 5.41) is 4.97. The van der Waals surface area contributed by atoms with Crippen molar-refractivity contribution < 1.29 is 4.79 Å². The van der Waals surface area contributed by atoms with E-state index in [1.54, 1.807) is 22.4 Å². The van der Waals surface area contributed by atoms with Crippen LogP contribution in [0.4, 0.5) is 5.13 Å². The summed E-state index contributed by atoms with van der Waals surface area (Å²) in [6.45, 7) is 5.52. The monoisotopic (exact) mass is 310 g/mol. The third-order valence-electron chi connectivity index (χ3n) is 2.72. The topological polar surface area (TPSA) is 58.1 Å². The highest BCUT2D eigenvalue weighted by atomic mass is 32.1. The van der Waals surface area contributed by atoms with Crippen molar-refractivity contribution in [3.05, 3.63) is 27.2 Å². The van der Waals surface area contributed by atoms with E-state index in [0.29, 0.717) is 11.4 Å². The van der Waals surface area contributed by atoms with Crippen molar-refractivity contribution in [1.29, 1.82) is 0 Å². The van der Waals surface area contributed by atoms with Gasteiger partial charge in [0.25, 0.3) is 5.91 Å². The van der Waals surface area contributed by atoms with Crippen molar-refractivity contribution in [1.82, 2.24) is 14.9 Å². The van der Waals surface area contributed by atoms with Crippen molar-refractivity contribution in [3.8, 4) is 0 Å². The molecule has 0 aliphatic heterocycles. The van der Waals surface area contributed by atoms with E-state index in [-0.39, 0.29) is 5.91 Å². The van der Waals surface area contributed by atoms with E-state index in [4.69, 9.17) is 0 Å². The van der Waals surface area contributed by atoms with Gasteiger partial charge in [0.1, 0.15) is 4.88 Å². The second-order valence-electron chi connectivity index (χ2n) is 4.40. The van der Waals surface area contributed by atoms with Gasteiger partial charge in [0.05, 0.1) is 11.2 Å². The van der Waals surface area contributed by atoms with Crippen LogP contribution in [-0.4, -0.2) is 40.9 Å². The first-order valence-corrected chi connectivity index (χ1v) is 8.10. The van der Waals surface area contributed by atoms with E-state index in [2.05, 4.69) is 15.3 Å². The number of nitrogens with one attached hydrogen (secondary N) is 1. The molecule has 2 aromatic heterocycles. The maximum atomic E-state index is 12.2. The highest BCUT2D eigenvalue weighted by Crippen LogP contribution is 2.19. The Morgan fingerprint density at radius 1 is 1.35 bits per heavy atom. The van der Waals surface area contributed by atoms with E-state index in [1.807, 2.05) is 27.1 Å². The van der Waals surface area contributed by atoms with Gasteiger partial charge in [-0.15, -0.1) is 11.3 Å². The second-order valence-corrected chi connectivity index (χ2v) is 6.75. The number of thiazole rings is 2. The van der Waals surface area contributed by atoms with Crippen LogP contribution in [0.1, 0.15) is 26.5 Å². The van der Waals surface area contributed by atoms with Gasteiger partial charge < -0.3 is 10.2 Å². The molecule has 108 valence electrons. The fourth-order valence-electron chi connectivity index (χ4n) is 1.68. The normalized spacial score (nSPS) is 10.6. The summed E-state index contributed by atoms with van der Waals surface area (Å²) < 4.78 is 0. The van der Waals surface area contributed by atoms with Crippen molar-refractivity contribution >= 4 is 33.7 Å². The van der Waals surface area contributed by atoms with Crippen molar-refractivity contribution in [3.63, 3.8) is 0 Å². The second kappa shape index (κ2) is 6.81. The number of nitrogens with zero attached hydrogens (tertiary/aromatic N) is 3. The van der Waals surface area contributed by atoms with E-state index in [9.17, 15) is 4.79 Å². The standard InChI is InChI=1S/C13H18N4OS2/c1-4-14-13-16-8-10(20-13)12(18)17(3)6-5-11-15-7-9(2)19-11/h7-8H,4-6H2,1-3H3,(H,14,16). The Morgan fingerprint density at radius 3 is 2.80 bits per heavy atom. The molecule has 0 aromatic carbocycles. The number of anilines is 1. The fraction of sp³-hybridized carbons (Fsp3) is 0.462. The van der Waals surface area contributed by atoms with Crippen molar-refractivity contribution in [2.75, 3.05) is 25.5 Å². The minimum Gasteiger partial charge on any atom is -0.362 e. The number of hydrogen-bond donors (Lipinski definition) is 1. The number of aryl methyl sites for hydroxylation is 1. The molecule has 0 aliphatic carbocycles. The fourth-order valence-corrected chi connectivity index (χ4v) is 3.33. The smallest absolute Gasteiger partial charge is 0.265 e. The average molecular weight is 310 g/mol. The molecule has 0 saturated carbocycles. The Kier molecular flexibility index (Phi) is 5.08. The van der Waals surface area contributed by atoms with Crippen LogP contribution in [0.3, 0.4) is 0 Å². The molecule has 0 atom stereocenters. The first-order valence-electron chi connectivity index (χ1n) is 6.46. The van der Waals surface area contributed by atoms with Crippen LogP contribution in [0.25, 0.3) is 0 Å². The van der Waals surface area contributed by atoms with Gasteiger partial charge >= 0.3 is 0 Å². The molecular weight excluding hydrogens is 292 g/mol. The van der Waals surface area contributed by atoms with Crippen LogP contribution < -0.4 is 5.32 Å². The quantitative estimate of drug-likeness (QED) is 0.891. The zero-order chi connectivity index (χ0) is 14.5. The van der Waals surface area contributed by atoms with Gasteiger partial charge in [-0.05, 0) is 13.8 Å². The average Bonchev–Trinajstić information content (AvgIpc) is 3.05. The zero-order valence-corrected chi connectivity index (χ0v) is 13.5. The van der Waals surface area contributed by atoms with Crippen LogP contribution in [0.2, 0.25) is 0 Å². The molecule has 0 fully saturated rings. The SMILES string of the molecule is CCNc1ncc(C(=O)N(C)CCc2ncc(C)s2)s1. The lowest BCUT2D eigenvalue weighted by atomic mass is 10.4. The molecular formula is C13H18N4OS2. The molecule has 20 heavy (non-hydrogen) atoms. The van der Waals surface area contributed by atoms with Crippen molar-refractivity contribution in [2.45, 2.75) is 20.3 Å². The summed E-state index contributed by atoms with van der Waals surface area (Å²) in [7, 11) is 1.81. The Morgan fingerprint density at radius 2 is 2.15 bits per heavy atom. The molecule has 2 rings (SSSR count). The summed E-state index contributed by atoms with van der Waals surface area (Å²) in [6, 6.07) is 0. The molecule has 7 heteroatoms. The zero-order valence-electron chi connectivity index (χ0n) is 11.8. The molecule has 0 radical (unpaired) electrons. The van der Waals surface area contributed by atoms with E-state index >= 15 is 0 Å². The highest BCUT2D eigenvalue weighted by Gasteiger charge is 2.15. The van der Waals surface area contributed by atoms with Gasteiger partial charge in [-0.1, -0.05) is 11.3 Å². The largest absolute Gasteiger partial charge is 0.362 e. The number of likely N-dealkylation sites (N-methyl/N-ethyl adjacent to an activating group) is 1. The Hall–Kier alpha value is -1.47. The predicted octanol–water partition coefficient (Wildman–Crippen LogP) is 2.65. The van der Waals surface area contributed by atoms with Gasteiger partial charge in [-0.3, -0.25) is 4.79 Å². The highest BCUT2D eigenvalue weighted by molar-refractivity contribution is 7.17. The number of rotatable bonds is 6. The molecule has 0 unspecified atom stereocenters. The molecule has 5 nitrogen and oxygen atoms in total. The summed E-state index contributed by atoms with van der Waals surface area (Å²) in [6.07, 6.45) is 4.29. The molecule has 2 aromatic rings. The van der Waals surface area contributed by atoms with Crippen molar-refractivity contribution in [2.24, 2.45) is 0 Å². The lowest BCUT2D eigenvalue weighted by Gasteiger charge is -2.14. The first-order chi connectivity index (χ1) is 9.60. The van der Waals surface area contributed by atoms with Crippen LogP contribution in [0, 0.1) is 6.92 Å². The molecule has 0 aliphatic rings. The minimum absolute atomic E-state index is 0.0138. The summed E-state index contributed by atoms with van der Waals surface area (Å²) >= 11 is 3.07. The Balaban J connectivity index is 1.90. The molecule has 0 bridgehead atoms. The summed E-state index contributed by atoms with van der Waals surface area (Å²) in [5.74, 6) is 0.0138. The van der Waals surface area contributed by atoms with Crippen LogP contribution in [0.5, 0.6) is 0 Å². The number of carbonyl (C=O) groups excluding carboxylic acids is 1. The number of carbonyl (C=O) groups is 1. The third kappa shape index (κ3) is 3.77. The molecule has 1 amide bonds. The maximum absolute atomic E-state index is 12.2. The molecule has 1 N–H and O–H groups in total. The number of aromatic nitrogens is 2. The van der Waals surface area contributed by atoms with Gasteiger partial charge in [0, 0.05) is 37.6 Å². The van der Waals surface area contributed by atoms with Gasteiger partial charge in [0.2, 0.25) is 0 Å². The van der Waals surface area contributed by atoms with Gasteiger partial charge in [-0.2, -0.15) is 0 Å². The van der Waals surface area contributed by atoms with E-state index < -0.39 is 0 Å². The number of amides is 1. The lowest BCUT2D eigenvalue weighted by molar-refractivity contribution is 0.0801. The molecule has 2 heterocycles. The number of hydrogen-bond acceptors (Lipinski definition) is 6. The third-order valence-corrected chi connectivity index (χ3v) is 4.64. The Labute approximate surface area is 126 Å². The van der Waals surface area contributed by atoms with Gasteiger partial charge in [0.15, 0.2) is 5.13 Å². The summed E-state index contributed by atoms with van der Waals surface area (Å²) in [4.78, 5) is 24.3. The van der Waals surface area contributed by atoms with E-state index in [0.717, 1.165) is 23.1 Å². The lowest BCUT2D eigenvalue weighted by Crippen LogP contribution is -2.28. The van der Waals surface area contributed by atoms with E-state index in [1.165, 1.54) is 16.2 Å². The van der Waals surface area contributed by atoms with Gasteiger partial charge in [-0.25, -0.2) is 9.97 Å². The van der Waals surface area contributed by atoms with Crippen LogP contribution in [-0.2, 0) is 6.42 Å². The molecule has 0 spiro atoms. The summed E-state index contributed by atoms with van der Waals surface area (Å²) in [5.41, 5.74) is 0. The minimum atomic E-state index is 0.0138. The Bertz CT molecular complexity index is 578.